The van der Waals surface area contributed by atoms with Crippen molar-refractivity contribution in [3.63, 3.8) is 0 Å². The molecule has 5 nitrogen and oxygen atoms in total. The van der Waals surface area contributed by atoms with Crippen molar-refractivity contribution in [2.45, 2.75) is 19.8 Å². The van der Waals surface area contributed by atoms with Crippen molar-refractivity contribution in [3.8, 4) is 5.75 Å². The molecule has 1 aromatic heterocycles. The van der Waals surface area contributed by atoms with Crippen molar-refractivity contribution in [1.29, 1.82) is 0 Å². The molecule has 3 aromatic rings. The van der Waals surface area contributed by atoms with Gasteiger partial charge in [0.1, 0.15) is 5.75 Å². The molecule has 0 spiro atoms. The van der Waals surface area contributed by atoms with Gasteiger partial charge in [-0.25, -0.2) is 4.98 Å². The molecular weight excluding hydrogens is 370 g/mol. The summed E-state index contributed by atoms with van der Waals surface area (Å²) in [4.78, 5) is 21.0. The van der Waals surface area contributed by atoms with Crippen molar-refractivity contribution in [3.05, 3.63) is 54.1 Å². The number of amides is 1. The Bertz CT molecular complexity index is 873. The molecule has 1 heterocycles. The van der Waals surface area contributed by atoms with Gasteiger partial charge in [0.05, 0.1) is 44.0 Å². The lowest BCUT2D eigenvalue weighted by molar-refractivity contribution is -0.856. The number of nitrogens with zero attached hydrogens (tertiary/aromatic N) is 2. The van der Waals surface area contributed by atoms with E-state index in [4.69, 9.17) is 9.72 Å². The van der Waals surface area contributed by atoms with Crippen molar-refractivity contribution in [2.75, 3.05) is 38.7 Å². The van der Waals surface area contributed by atoms with Crippen LogP contribution in [0.15, 0.2) is 48.5 Å². The number of anilines is 1. The van der Waals surface area contributed by atoms with E-state index in [1.165, 1.54) is 4.90 Å². The standard InChI is InChI=1S/C22H27N3O2S/c1-4-5-16-27-18-12-10-17(11-13-18)21(26)25(15-14-24(2)3)22-23-19-8-6-7-9-20(19)28-22/h6-13H,4-5,14-16H2,1-3H3/p+1. The Balaban J connectivity index is 1.81. The molecule has 6 heteroatoms. The molecule has 0 fully saturated rings. The summed E-state index contributed by atoms with van der Waals surface area (Å²) < 4.78 is 6.80. The summed E-state index contributed by atoms with van der Waals surface area (Å²) in [5, 5.41) is 0.746. The van der Waals surface area contributed by atoms with Gasteiger partial charge < -0.3 is 9.64 Å². The molecule has 0 saturated carbocycles. The van der Waals surface area contributed by atoms with Crippen LogP contribution in [-0.4, -0.2) is 44.7 Å². The second-order valence-electron chi connectivity index (χ2n) is 7.10. The Labute approximate surface area is 170 Å². The summed E-state index contributed by atoms with van der Waals surface area (Å²) in [6.07, 6.45) is 2.13. The molecule has 0 saturated heterocycles. The number of ether oxygens (including phenoxy) is 1. The number of nitrogens with one attached hydrogen (secondary N) is 1. The number of quaternary nitrogens is 1. The predicted molar refractivity (Wildman–Crippen MR) is 116 cm³/mol. The molecule has 148 valence electrons. The fourth-order valence-electron chi connectivity index (χ4n) is 2.78. The van der Waals surface area contributed by atoms with Gasteiger partial charge in [-0.05, 0) is 42.8 Å². The first kappa shape index (κ1) is 20.3. The van der Waals surface area contributed by atoms with Crippen LogP contribution in [0.4, 0.5) is 5.13 Å². The number of thiazole rings is 1. The van der Waals surface area contributed by atoms with E-state index >= 15 is 0 Å². The molecule has 28 heavy (non-hydrogen) atoms. The molecule has 2 aromatic carbocycles. The highest BCUT2D eigenvalue weighted by molar-refractivity contribution is 7.22. The predicted octanol–water partition coefficient (Wildman–Crippen LogP) is 3.27. The van der Waals surface area contributed by atoms with Crippen molar-refractivity contribution in [1.82, 2.24) is 4.98 Å². The number of fused-ring (bicyclic) bond motifs is 1. The van der Waals surface area contributed by atoms with Gasteiger partial charge in [-0.2, -0.15) is 0 Å². The molecule has 0 aliphatic carbocycles. The summed E-state index contributed by atoms with van der Waals surface area (Å²) in [6.45, 7) is 4.31. The number of aromatic nitrogens is 1. The van der Waals surface area contributed by atoms with Crippen LogP contribution in [0.2, 0.25) is 0 Å². The van der Waals surface area contributed by atoms with Crippen LogP contribution in [0.1, 0.15) is 30.1 Å². The third-order valence-electron chi connectivity index (χ3n) is 4.46. The molecule has 1 N–H and O–H groups in total. The Morgan fingerprint density at radius 2 is 1.89 bits per heavy atom. The lowest BCUT2D eigenvalue weighted by Gasteiger charge is -2.21. The van der Waals surface area contributed by atoms with E-state index < -0.39 is 0 Å². The molecule has 0 bridgehead atoms. The van der Waals surface area contributed by atoms with Crippen molar-refractivity contribution in [2.24, 2.45) is 0 Å². The minimum absolute atomic E-state index is 0.0274. The van der Waals surface area contributed by atoms with Gasteiger partial charge in [0.15, 0.2) is 5.13 Å². The fraction of sp³-hybridized carbons (Fsp3) is 0.364. The van der Waals surface area contributed by atoms with Crippen LogP contribution in [0.5, 0.6) is 5.75 Å². The van der Waals surface area contributed by atoms with E-state index in [2.05, 4.69) is 21.0 Å². The lowest BCUT2D eigenvalue weighted by atomic mass is 10.2. The smallest absolute Gasteiger partial charge is 0.260 e. The number of carbonyl (C=O) groups excluding carboxylic acids is 1. The maximum atomic E-state index is 13.2. The Morgan fingerprint density at radius 1 is 1.14 bits per heavy atom. The Kier molecular flexibility index (Phi) is 7.01. The van der Waals surface area contributed by atoms with Crippen molar-refractivity contribution >= 4 is 32.6 Å². The van der Waals surface area contributed by atoms with Crippen LogP contribution in [0.3, 0.4) is 0 Å². The van der Waals surface area contributed by atoms with Gasteiger partial charge in [-0.1, -0.05) is 36.8 Å². The molecule has 0 radical (unpaired) electrons. The van der Waals surface area contributed by atoms with Gasteiger partial charge in [-0.15, -0.1) is 0 Å². The summed E-state index contributed by atoms with van der Waals surface area (Å²) in [5.41, 5.74) is 1.58. The van der Waals surface area contributed by atoms with Crippen molar-refractivity contribution < 1.29 is 14.4 Å². The van der Waals surface area contributed by atoms with E-state index in [0.717, 1.165) is 40.5 Å². The van der Waals surface area contributed by atoms with Gasteiger partial charge in [0, 0.05) is 5.56 Å². The van der Waals surface area contributed by atoms with Gasteiger partial charge in [0.2, 0.25) is 0 Å². The number of rotatable bonds is 9. The highest BCUT2D eigenvalue weighted by atomic mass is 32.1. The highest BCUT2D eigenvalue weighted by Crippen LogP contribution is 2.29. The first-order chi connectivity index (χ1) is 13.6. The second kappa shape index (κ2) is 9.66. The summed E-state index contributed by atoms with van der Waals surface area (Å²) in [7, 11) is 4.17. The molecular formula is C22H28N3O2S+. The second-order valence-corrected chi connectivity index (χ2v) is 8.11. The van der Waals surface area contributed by atoms with Gasteiger partial charge >= 0.3 is 0 Å². The largest absolute Gasteiger partial charge is 0.494 e. The molecule has 0 aliphatic rings. The average molecular weight is 399 g/mol. The Hall–Kier alpha value is -2.44. The monoisotopic (exact) mass is 398 g/mol. The summed E-state index contributed by atoms with van der Waals surface area (Å²) in [5.74, 6) is 0.773. The molecule has 0 aliphatic heterocycles. The number of carbonyl (C=O) groups is 1. The zero-order chi connectivity index (χ0) is 19.9. The fourth-order valence-corrected chi connectivity index (χ4v) is 3.77. The number of para-hydroxylation sites is 1. The zero-order valence-corrected chi connectivity index (χ0v) is 17.6. The maximum absolute atomic E-state index is 13.2. The van der Waals surface area contributed by atoms with Crippen LogP contribution in [-0.2, 0) is 0 Å². The lowest BCUT2D eigenvalue weighted by Crippen LogP contribution is -3.06. The minimum Gasteiger partial charge on any atom is -0.494 e. The molecule has 0 atom stereocenters. The number of hydrogen-bond acceptors (Lipinski definition) is 4. The van der Waals surface area contributed by atoms with Crippen LogP contribution in [0.25, 0.3) is 10.2 Å². The van der Waals surface area contributed by atoms with Crippen LogP contribution >= 0.6 is 11.3 Å². The maximum Gasteiger partial charge on any atom is 0.260 e. The first-order valence-corrected chi connectivity index (χ1v) is 10.6. The van der Waals surface area contributed by atoms with Gasteiger partial charge in [0.25, 0.3) is 5.91 Å². The Morgan fingerprint density at radius 3 is 2.57 bits per heavy atom. The number of hydrogen-bond donors (Lipinski definition) is 1. The molecule has 0 unspecified atom stereocenters. The van der Waals surface area contributed by atoms with E-state index in [0.29, 0.717) is 18.7 Å². The molecule has 3 rings (SSSR count). The van der Waals surface area contributed by atoms with Crippen LogP contribution < -0.4 is 14.5 Å². The van der Waals surface area contributed by atoms with E-state index in [9.17, 15) is 4.79 Å². The number of benzene rings is 2. The quantitative estimate of drug-likeness (QED) is 0.563. The molecule has 1 amide bonds. The summed E-state index contributed by atoms with van der Waals surface area (Å²) >= 11 is 1.56. The van der Waals surface area contributed by atoms with Gasteiger partial charge in [-0.3, -0.25) is 9.69 Å². The normalized spacial score (nSPS) is 11.1. The summed E-state index contributed by atoms with van der Waals surface area (Å²) in [6, 6.07) is 15.4. The van der Waals surface area contributed by atoms with E-state index in [1.807, 2.05) is 48.5 Å². The SMILES string of the molecule is CCCCOc1ccc(C(=O)N(CC[NH+](C)C)c2nc3ccccc3s2)cc1. The topological polar surface area (TPSA) is 46.9 Å². The minimum atomic E-state index is -0.0274. The average Bonchev–Trinajstić information content (AvgIpc) is 3.12. The van der Waals surface area contributed by atoms with E-state index in [-0.39, 0.29) is 5.91 Å². The third kappa shape index (κ3) is 5.09. The van der Waals surface area contributed by atoms with E-state index in [1.54, 1.807) is 16.2 Å². The highest BCUT2D eigenvalue weighted by Gasteiger charge is 2.22. The third-order valence-corrected chi connectivity index (χ3v) is 5.52. The number of likely N-dealkylation sites (N-methyl/N-ethyl adjacent to an activating group) is 1. The first-order valence-electron chi connectivity index (χ1n) is 9.78. The zero-order valence-electron chi connectivity index (χ0n) is 16.8. The van der Waals surface area contributed by atoms with Crippen LogP contribution in [0, 0.1) is 0 Å². The number of unbranched alkanes of at least 4 members (excludes halogenated alkanes) is 1.